The number of nitrogens with zero attached hydrogens (tertiary/aromatic N) is 2. The molecule has 2 amide bonds. The quantitative estimate of drug-likeness (QED) is 0.203. The molecule has 3 aliphatic heterocycles. The lowest BCUT2D eigenvalue weighted by molar-refractivity contribution is -0.294. The number of ketones is 1. The van der Waals surface area contributed by atoms with Crippen LogP contribution < -0.4 is 10.7 Å². The van der Waals surface area contributed by atoms with Gasteiger partial charge in [0.1, 0.15) is 24.0 Å². The second-order valence-corrected chi connectivity index (χ2v) is 16.7. The highest BCUT2D eigenvalue weighted by Crippen LogP contribution is 2.42. The normalized spacial score (nSPS) is 36.9. The smallest absolute Gasteiger partial charge is 0.425 e. The Kier molecular flexibility index (Phi) is 15.3. The summed E-state index contributed by atoms with van der Waals surface area (Å²) in [6.07, 6.45) is -0.158. The molecule has 2 saturated heterocycles. The second kappa shape index (κ2) is 18.9. The van der Waals surface area contributed by atoms with E-state index in [1.54, 1.807) is 34.0 Å². The van der Waals surface area contributed by atoms with Crippen molar-refractivity contribution < 1.29 is 48.0 Å². The van der Waals surface area contributed by atoms with Crippen molar-refractivity contribution in [3.8, 4) is 0 Å². The number of amides is 2. The molecule has 14 heteroatoms. The molecule has 2 fully saturated rings. The molecule has 0 radical (unpaired) electrons. The number of Topliss-reactive ketones (excluding diaryl/α,β-unsaturated/α-hetero) is 1. The van der Waals surface area contributed by atoms with Crippen LogP contribution in [0.3, 0.4) is 0 Å². The fourth-order valence-electron chi connectivity index (χ4n) is 8.89. The number of anilines is 1. The maximum absolute atomic E-state index is 14.6. The summed E-state index contributed by atoms with van der Waals surface area (Å²) in [5, 5.41) is 15.6. The largest absolute Gasteiger partial charge is 0.455 e. The van der Waals surface area contributed by atoms with Gasteiger partial charge in [-0.1, -0.05) is 45.9 Å². The number of likely N-dealkylation sites (N-methyl/N-ethyl adjacent to an activating group) is 1. The summed E-state index contributed by atoms with van der Waals surface area (Å²) < 4.78 is 31.4. The van der Waals surface area contributed by atoms with Gasteiger partial charge in [0.15, 0.2) is 11.9 Å². The molecule has 314 valence electrons. The van der Waals surface area contributed by atoms with Crippen LogP contribution in [0.15, 0.2) is 35.9 Å². The van der Waals surface area contributed by atoms with E-state index in [-0.39, 0.29) is 30.3 Å². The van der Waals surface area contributed by atoms with E-state index in [2.05, 4.69) is 10.7 Å². The summed E-state index contributed by atoms with van der Waals surface area (Å²) in [5.74, 6) is -2.64. The van der Waals surface area contributed by atoms with Gasteiger partial charge in [-0.25, -0.2) is 20.0 Å². The summed E-state index contributed by atoms with van der Waals surface area (Å²) >= 11 is 0. The number of hydrogen-bond donors (Lipinski definition) is 3. The number of hydrogen-bond acceptors (Lipinski definition) is 12. The molecule has 4 rings (SSSR count). The van der Waals surface area contributed by atoms with Gasteiger partial charge < -0.3 is 39.0 Å². The van der Waals surface area contributed by atoms with Gasteiger partial charge in [0.2, 0.25) is 5.91 Å². The van der Waals surface area contributed by atoms with E-state index in [0.717, 1.165) is 5.56 Å². The molecule has 3 heterocycles. The first-order valence-electron chi connectivity index (χ1n) is 20.0. The number of aliphatic hydroxyl groups excluding tert-OH is 1. The first-order valence-corrected chi connectivity index (χ1v) is 20.0. The molecule has 1 aromatic carbocycles. The maximum atomic E-state index is 14.6. The molecule has 0 aromatic heterocycles. The summed E-state index contributed by atoms with van der Waals surface area (Å²) in [6, 6.07) is 6.53. The standard InChI is InChI=1S/C42H66N4O10/c1-13-33-42(9)36(46(40(51)56-42)43-20-14-15-30-16-18-31(19-17-30)44-29(7)47)28(6)34(48)26(4)23-41(8,52-12)37(24(2)21-25(3)38(50)54-33)55-39-35(49)32(45(10)11)22-27(5)53-39/h16-19,21,24,26-28,32-33,35-37,39,43,49H,13-15,20,22-23H2,1-12H3,(H,44,47)/b25-21+/t24-,26+,27+,28-,32-,33+,35+,36+,37+,39-,41-,42+/m0/s1. The lowest BCUT2D eigenvalue weighted by Gasteiger charge is -2.46. The van der Waals surface area contributed by atoms with Crippen LogP contribution >= 0.6 is 0 Å². The fraction of sp³-hybridized carbons (Fsp3) is 0.714. The van der Waals surface area contributed by atoms with Gasteiger partial charge in [-0.2, -0.15) is 0 Å². The number of carbonyl (C=O) groups is 4. The number of cyclic esters (lactones) is 1. The predicted octanol–water partition coefficient (Wildman–Crippen LogP) is 5.03. The van der Waals surface area contributed by atoms with Crippen molar-refractivity contribution in [2.24, 2.45) is 17.8 Å². The molecular formula is C42H66N4O10. The third kappa shape index (κ3) is 10.2. The molecule has 0 unspecified atom stereocenters. The second-order valence-electron chi connectivity index (χ2n) is 16.7. The number of ether oxygens (including phenoxy) is 5. The number of aryl methyl sites for hydroxylation is 1. The number of nitrogens with one attached hydrogen (secondary N) is 2. The number of hydrazine groups is 1. The minimum atomic E-state index is -1.37. The molecule has 12 atom stereocenters. The van der Waals surface area contributed by atoms with Crippen molar-refractivity contribution in [3.63, 3.8) is 0 Å². The van der Waals surface area contributed by atoms with E-state index in [4.69, 9.17) is 23.7 Å². The first-order chi connectivity index (χ1) is 26.3. The van der Waals surface area contributed by atoms with Gasteiger partial charge in [-0.3, -0.25) is 9.59 Å². The third-order valence-electron chi connectivity index (χ3n) is 11.9. The number of aliphatic hydroxyl groups is 1. The number of methoxy groups -OCH3 is 1. The number of esters is 1. The van der Waals surface area contributed by atoms with Crippen LogP contribution in [-0.2, 0) is 44.5 Å². The zero-order valence-electron chi connectivity index (χ0n) is 35.4. The molecule has 3 aliphatic rings. The average Bonchev–Trinajstić information content (AvgIpc) is 3.40. The Morgan fingerprint density at radius 3 is 2.34 bits per heavy atom. The van der Waals surface area contributed by atoms with E-state index in [1.165, 1.54) is 11.9 Å². The molecular weight excluding hydrogens is 720 g/mol. The minimum Gasteiger partial charge on any atom is -0.455 e. The zero-order valence-corrected chi connectivity index (χ0v) is 35.4. The Hall–Kier alpha value is -3.40. The van der Waals surface area contributed by atoms with E-state index in [9.17, 15) is 24.3 Å². The SMILES string of the molecule is CC[C@H]1OC(=O)/C(C)=C/[C@H](C)[C@@H](O[C@@H]2O[C@H](C)C[C@H](N(C)C)[C@H]2O)[C@@](C)(OC)C[C@@H](C)C(=O)[C@H](C)[C@H]2N(NCCCc3ccc(NC(C)=O)cc3)C(=O)O[C@]12C. The summed E-state index contributed by atoms with van der Waals surface area (Å²) in [4.78, 5) is 55.6. The van der Waals surface area contributed by atoms with E-state index in [1.807, 2.05) is 77.9 Å². The van der Waals surface area contributed by atoms with Crippen LogP contribution in [0.5, 0.6) is 0 Å². The topological polar surface area (TPSA) is 165 Å². The van der Waals surface area contributed by atoms with Crippen molar-refractivity contribution in [1.82, 2.24) is 15.3 Å². The molecule has 0 saturated carbocycles. The lowest BCUT2D eigenvalue weighted by atomic mass is 9.74. The van der Waals surface area contributed by atoms with E-state index < -0.39 is 71.7 Å². The van der Waals surface area contributed by atoms with Gasteiger partial charge in [0.25, 0.3) is 0 Å². The van der Waals surface area contributed by atoms with Crippen molar-refractivity contribution >= 4 is 29.4 Å². The molecule has 0 bridgehead atoms. The highest BCUT2D eigenvalue weighted by Gasteiger charge is 2.60. The lowest BCUT2D eigenvalue weighted by Crippen LogP contribution is -2.60. The Balaban J connectivity index is 1.65. The van der Waals surface area contributed by atoms with Crippen molar-refractivity contribution in [2.45, 2.75) is 148 Å². The highest BCUT2D eigenvalue weighted by atomic mass is 16.7. The minimum absolute atomic E-state index is 0.125. The van der Waals surface area contributed by atoms with Crippen LogP contribution in [-0.4, -0.2) is 121 Å². The Morgan fingerprint density at radius 1 is 1.09 bits per heavy atom. The monoisotopic (exact) mass is 786 g/mol. The highest BCUT2D eigenvalue weighted by molar-refractivity contribution is 5.89. The van der Waals surface area contributed by atoms with E-state index in [0.29, 0.717) is 43.5 Å². The van der Waals surface area contributed by atoms with Crippen molar-refractivity contribution in [1.29, 1.82) is 0 Å². The predicted molar refractivity (Wildman–Crippen MR) is 211 cm³/mol. The van der Waals surface area contributed by atoms with Gasteiger partial charge >= 0.3 is 12.1 Å². The molecule has 0 spiro atoms. The van der Waals surface area contributed by atoms with Crippen LogP contribution in [0.2, 0.25) is 0 Å². The Bertz CT molecular complexity index is 1570. The van der Waals surface area contributed by atoms with Gasteiger partial charge in [-0.15, -0.1) is 0 Å². The maximum Gasteiger partial charge on any atom is 0.425 e. The number of fused-ring (bicyclic) bond motifs is 1. The summed E-state index contributed by atoms with van der Waals surface area (Å²) in [5.41, 5.74) is 2.88. The van der Waals surface area contributed by atoms with Crippen LogP contribution in [0.4, 0.5) is 10.5 Å². The van der Waals surface area contributed by atoms with Gasteiger partial charge in [-0.05, 0) is 91.6 Å². The fourth-order valence-corrected chi connectivity index (χ4v) is 8.89. The van der Waals surface area contributed by atoms with Crippen molar-refractivity contribution in [2.75, 3.05) is 33.1 Å². The molecule has 56 heavy (non-hydrogen) atoms. The van der Waals surface area contributed by atoms with E-state index >= 15 is 0 Å². The summed E-state index contributed by atoms with van der Waals surface area (Å²) in [7, 11) is 5.38. The van der Waals surface area contributed by atoms with Crippen LogP contribution in [0.1, 0.15) is 93.6 Å². The summed E-state index contributed by atoms with van der Waals surface area (Å²) in [6.45, 7) is 16.5. The first kappa shape index (κ1) is 45.3. The molecule has 1 aromatic rings. The molecule has 3 N–H and O–H groups in total. The average molecular weight is 787 g/mol. The van der Waals surface area contributed by atoms with Crippen molar-refractivity contribution in [3.05, 3.63) is 41.5 Å². The number of benzene rings is 1. The Labute approximate surface area is 332 Å². The van der Waals surface area contributed by atoms with Crippen LogP contribution in [0.25, 0.3) is 0 Å². The third-order valence-corrected chi connectivity index (χ3v) is 11.9. The Morgan fingerprint density at radius 2 is 1.75 bits per heavy atom. The molecule has 0 aliphatic carbocycles. The van der Waals surface area contributed by atoms with Crippen LogP contribution in [0, 0.1) is 17.8 Å². The van der Waals surface area contributed by atoms with Gasteiger partial charge in [0.05, 0.1) is 17.8 Å². The molecule has 14 nitrogen and oxygen atoms in total. The number of carbonyl (C=O) groups excluding carboxylic acids is 4. The number of rotatable bonds is 11. The van der Waals surface area contributed by atoms with Gasteiger partial charge in [0, 0.05) is 55.6 Å². The zero-order chi connectivity index (χ0) is 41.7.